The van der Waals surface area contributed by atoms with Gasteiger partial charge in [-0.25, -0.2) is 0 Å². The first-order valence-electron chi connectivity index (χ1n) is 8.62. The van der Waals surface area contributed by atoms with Crippen molar-refractivity contribution in [2.24, 2.45) is 5.92 Å². The Balaban J connectivity index is 1.41. The molecule has 1 fully saturated rings. The van der Waals surface area contributed by atoms with Crippen molar-refractivity contribution in [2.75, 3.05) is 24.5 Å². The molecule has 0 unspecified atom stereocenters. The van der Waals surface area contributed by atoms with Crippen molar-refractivity contribution in [2.45, 2.75) is 33.1 Å². The van der Waals surface area contributed by atoms with Gasteiger partial charge < -0.3 is 14.7 Å². The minimum Gasteiger partial charge on any atom is -0.371 e. The summed E-state index contributed by atoms with van der Waals surface area (Å²) in [7, 11) is 0. The van der Waals surface area contributed by atoms with E-state index in [9.17, 15) is 4.79 Å². The molecule has 0 saturated carbocycles. The molecule has 2 heterocycles. The highest BCUT2D eigenvalue weighted by Crippen LogP contribution is 2.23. The molecule has 1 aliphatic rings. The van der Waals surface area contributed by atoms with Crippen LogP contribution in [0.25, 0.3) is 0 Å². The average molecular weight is 327 g/mol. The second kappa shape index (κ2) is 7.51. The summed E-state index contributed by atoms with van der Waals surface area (Å²) in [4.78, 5) is 14.5. The molecule has 1 aromatic heterocycles. The van der Waals surface area contributed by atoms with Gasteiger partial charge in [0.05, 0.1) is 5.69 Å². The summed E-state index contributed by atoms with van der Waals surface area (Å²) in [5, 5.41) is 7.01. The van der Waals surface area contributed by atoms with Gasteiger partial charge in [0.2, 0.25) is 5.91 Å². The highest BCUT2D eigenvalue weighted by atomic mass is 16.5. The van der Waals surface area contributed by atoms with E-state index >= 15 is 0 Å². The summed E-state index contributed by atoms with van der Waals surface area (Å²) < 4.78 is 5.14. The number of rotatable bonds is 6. The lowest BCUT2D eigenvalue weighted by Crippen LogP contribution is -2.31. The Kier molecular flexibility index (Phi) is 5.18. The lowest BCUT2D eigenvalue weighted by molar-refractivity contribution is -0.121. The highest BCUT2D eigenvalue weighted by molar-refractivity contribution is 5.76. The van der Waals surface area contributed by atoms with Gasteiger partial charge in [0.1, 0.15) is 5.76 Å². The first kappa shape index (κ1) is 16.6. The number of hydrogen-bond donors (Lipinski definition) is 1. The van der Waals surface area contributed by atoms with E-state index < -0.39 is 0 Å². The van der Waals surface area contributed by atoms with Crippen LogP contribution in [0.4, 0.5) is 5.69 Å². The molecule has 0 spiro atoms. The molecule has 0 radical (unpaired) electrons. The number of aryl methyl sites for hydroxylation is 2. The smallest absolute Gasteiger partial charge is 0.220 e. The van der Waals surface area contributed by atoms with Crippen LogP contribution >= 0.6 is 0 Å². The number of aromatic nitrogens is 1. The third kappa shape index (κ3) is 3.96. The lowest BCUT2D eigenvalue weighted by atomic mass is 10.1. The maximum atomic E-state index is 12.1. The minimum atomic E-state index is 0.105. The van der Waals surface area contributed by atoms with Gasteiger partial charge in [-0.05, 0) is 44.7 Å². The molecule has 0 bridgehead atoms. The number of anilines is 1. The van der Waals surface area contributed by atoms with Crippen LogP contribution in [0.2, 0.25) is 0 Å². The number of amides is 1. The molecule has 1 aromatic carbocycles. The molecule has 1 aliphatic heterocycles. The number of hydrogen-bond acceptors (Lipinski definition) is 4. The quantitative estimate of drug-likeness (QED) is 0.886. The van der Waals surface area contributed by atoms with E-state index in [1.165, 1.54) is 5.69 Å². The van der Waals surface area contributed by atoms with Crippen LogP contribution < -0.4 is 10.2 Å². The molecular weight excluding hydrogens is 302 g/mol. The largest absolute Gasteiger partial charge is 0.371 e. The molecule has 24 heavy (non-hydrogen) atoms. The molecule has 1 atom stereocenters. The Bertz CT molecular complexity index is 662. The van der Waals surface area contributed by atoms with Crippen LogP contribution in [0.5, 0.6) is 0 Å². The van der Waals surface area contributed by atoms with Gasteiger partial charge in [-0.2, -0.15) is 0 Å². The zero-order valence-corrected chi connectivity index (χ0v) is 14.4. The Morgan fingerprint density at radius 2 is 2.12 bits per heavy atom. The summed E-state index contributed by atoms with van der Waals surface area (Å²) in [5.74, 6) is 1.44. The van der Waals surface area contributed by atoms with Crippen molar-refractivity contribution in [3.05, 3.63) is 47.3 Å². The number of carbonyl (C=O) groups excluding carboxylic acids is 1. The van der Waals surface area contributed by atoms with E-state index in [0.29, 0.717) is 18.8 Å². The molecular formula is C19H25N3O2. The first-order valence-corrected chi connectivity index (χ1v) is 8.62. The molecule has 128 valence electrons. The first-order chi connectivity index (χ1) is 11.6. The SMILES string of the molecule is Cc1noc(C)c1CCC(=O)NC[C@H]1CCN(c2ccccc2)C1. The number of para-hydroxylation sites is 1. The van der Waals surface area contributed by atoms with E-state index in [2.05, 4.69) is 39.6 Å². The van der Waals surface area contributed by atoms with Crippen molar-refractivity contribution in [3.8, 4) is 0 Å². The fourth-order valence-electron chi connectivity index (χ4n) is 3.32. The molecule has 5 nitrogen and oxygen atoms in total. The normalized spacial score (nSPS) is 17.2. The van der Waals surface area contributed by atoms with Crippen LogP contribution in [0, 0.1) is 19.8 Å². The molecule has 1 saturated heterocycles. The van der Waals surface area contributed by atoms with Crippen LogP contribution in [-0.4, -0.2) is 30.7 Å². The van der Waals surface area contributed by atoms with Crippen molar-refractivity contribution in [3.63, 3.8) is 0 Å². The summed E-state index contributed by atoms with van der Waals surface area (Å²) >= 11 is 0. The number of nitrogens with one attached hydrogen (secondary N) is 1. The Morgan fingerprint density at radius 1 is 1.33 bits per heavy atom. The van der Waals surface area contributed by atoms with Gasteiger partial charge in [-0.1, -0.05) is 23.4 Å². The predicted octanol–water partition coefficient (Wildman–Crippen LogP) is 2.87. The Morgan fingerprint density at radius 3 is 2.83 bits per heavy atom. The van der Waals surface area contributed by atoms with Crippen molar-refractivity contribution < 1.29 is 9.32 Å². The third-order valence-corrected chi connectivity index (χ3v) is 4.78. The average Bonchev–Trinajstić information content (AvgIpc) is 3.19. The second-order valence-electron chi connectivity index (χ2n) is 6.54. The zero-order chi connectivity index (χ0) is 16.9. The highest BCUT2D eigenvalue weighted by Gasteiger charge is 2.23. The van der Waals surface area contributed by atoms with Gasteiger partial charge in [0.15, 0.2) is 0 Å². The number of nitrogens with zero attached hydrogens (tertiary/aromatic N) is 2. The maximum absolute atomic E-state index is 12.1. The van der Waals surface area contributed by atoms with Crippen LogP contribution in [0.1, 0.15) is 29.9 Å². The number of carbonyl (C=O) groups is 1. The van der Waals surface area contributed by atoms with E-state index in [0.717, 1.165) is 43.1 Å². The predicted molar refractivity (Wildman–Crippen MR) is 94.1 cm³/mol. The molecule has 3 rings (SSSR count). The molecule has 1 amide bonds. The van der Waals surface area contributed by atoms with E-state index in [1.54, 1.807) is 0 Å². The zero-order valence-electron chi connectivity index (χ0n) is 14.4. The number of benzene rings is 1. The molecule has 2 aromatic rings. The summed E-state index contributed by atoms with van der Waals surface area (Å²) in [5.41, 5.74) is 3.21. The standard InChI is InChI=1S/C19H25N3O2/c1-14-18(15(2)24-21-14)8-9-19(23)20-12-16-10-11-22(13-16)17-6-4-3-5-7-17/h3-7,16H,8-13H2,1-2H3,(H,20,23)/t16-/m1/s1. The van der Waals surface area contributed by atoms with Gasteiger partial charge in [0.25, 0.3) is 0 Å². The molecule has 5 heteroatoms. The Hall–Kier alpha value is -2.30. The van der Waals surface area contributed by atoms with Crippen LogP contribution in [0.15, 0.2) is 34.9 Å². The summed E-state index contributed by atoms with van der Waals surface area (Å²) in [6.45, 7) is 6.63. The van der Waals surface area contributed by atoms with Crippen molar-refractivity contribution >= 4 is 11.6 Å². The molecule has 0 aliphatic carbocycles. The van der Waals surface area contributed by atoms with Crippen LogP contribution in [0.3, 0.4) is 0 Å². The maximum Gasteiger partial charge on any atom is 0.220 e. The van der Waals surface area contributed by atoms with Crippen molar-refractivity contribution in [1.29, 1.82) is 0 Å². The van der Waals surface area contributed by atoms with Crippen molar-refractivity contribution in [1.82, 2.24) is 10.5 Å². The van der Waals surface area contributed by atoms with E-state index in [4.69, 9.17) is 4.52 Å². The van der Waals surface area contributed by atoms with E-state index in [-0.39, 0.29) is 5.91 Å². The minimum absolute atomic E-state index is 0.105. The van der Waals surface area contributed by atoms with Crippen LogP contribution in [-0.2, 0) is 11.2 Å². The monoisotopic (exact) mass is 327 g/mol. The van der Waals surface area contributed by atoms with Gasteiger partial charge in [0, 0.05) is 37.3 Å². The van der Waals surface area contributed by atoms with Gasteiger partial charge in [-0.15, -0.1) is 0 Å². The second-order valence-corrected chi connectivity index (χ2v) is 6.54. The third-order valence-electron chi connectivity index (χ3n) is 4.78. The van der Waals surface area contributed by atoms with Gasteiger partial charge in [-0.3, -0.25) is 4.79 Å². The summed E-state index contributed by atoms with van der Waals surface area (Å²) in [6.07, 6.45) is 2.30. The molecule has 1 N–H and O–H groups in total. The topological polar surface area (TPSA) is 58.4 Å². The fraction of sp³-hybridized carbons (Fsp3) is 0.474. The summed E-state index contributed by atoms with van der Waals surface area (Å²) in [6, 6.07) is 10.5. The fourth-order valence-corrected chi connectivity index (χ4v) is 3.32. The lowest BCUT2D eigenvalue weighted by Gasteiger charge is -2.18. The van der Waals surface area contributed by atoms with E-state index in [1.807, 2.05) is 19.9 Å². The van der Waals surface area contributed by atoms with Gasteiger partial charge >= 0.3 is 0 Å². The Labute approximate surface area is 143 Å².